The number of nitrogens with one attached hydrogen (secondary N) is 1. The van der Waals surface area contributed by atoms with Crippen LogP contribution in [-0.4, -0.2) is 39.8 Å². The third-order valence-electron chi connectivity index (χ3n) is 3.94. The van der Waals surface area contributed by atoms with Crippen LogP contribution in [-0.2, 0) is 4.79 Å². The number of rotatable bonds is 3. The minimum absolute atomic E-state index is 0.0557. The third-order valence-corrected chi connectivity index (χ3v) is 3.94. The molecule has 1 N–H and O–H groups in total. The van der Waals surface area contributed by atoms with Gasteiger partial charge in [0.05, 0.1) is 11.5 Å². The smallest absolute Gasteiger partial charge is 0.255 e. The van der Waals surface area contributed by atoms with E-state index in [9.17, 15) is 9.59 Å². The molecule has 0 bridgehead atoms. The summed E-state index contributed by atoms with van der Waals surface area (Å²) in [5.41, 5.74) is 1.28. The molecule has 2 aromatic heterocycles. The van der Waals surface area contributed by atoms with Crippen molar-refractivity contribution in [3.63, 3.8) is 0 Å². The molecule has 2 aromatic rings. The van der Waals surface area contributed by atoms with E-state index in [2.05, 4.69) is 15.3 Å². The number of hydrogen-bond donors (Lipinski definition) is 1. The lowest BCUT2D eigenvalue weighted by atomic mass is 9.96. The Morgan fingerprint density at radius 2 is 1.96 bits per heavy atom. The summed E-state index contributed by atoms with van der Waals surface area (Å²) in [5, 5.41) is 2.88. The first-order valence-electron chi connectivity index (χ1n) is 7.64. The molecule has 1 atom stereocenters. The summed E-state index contributed by atoms with van der Waals surface area (Å²) in [4.78, 5) is 34.5. The van der Waals surface area contributed by atoms with Crippen molar-refractivity contribution < 1.29 is 9.59 Å². The second-order valence-electron chi connectivity index (χ2n) is 5.56. The summed E-state index contributed by atoms with van der Waals surface area (Å²) in [5.74, 6) is -0.322. The summed E-state index contributed by atoms with van der Waals surface area (Å²) < 4.78 is 0. The van der Waals surface area contributed by atoms with Gasteiger partial charge in [-0.15, -0.1) is 0 Å². The van der Waals surface area contributed by atoms with E-state index in [1.165, 1.54) is 0 Å². The maximum Gasteiger partial charge on any atom is 0.255 e. The topological polar surface area (TPSA) is 75.2 Å². The number of aromatic nitrogens is 2. The lowest BCUT2D eigenvalue weighted by Crippen LogP contribution is -2.43. The van der Waals surface area contributed by atoms with Crippen molar-refractivity contribution in [1.29, 1.82) is 0 Å². The summed E-state index contributed by atoms with van der Waals surface area (Å²) in [6.07, 6.45) is 8.07. The van der Waals surface area contributed by atoms with Gasteiger partial charge in [0.25, 0.3) is 5.91 Å². The Morgan fingerprint density at radius 1 is 1.13 bits per heavy atom. The second-order valence-corrected chi connectivity index (χ2v) is 5.56. The number of carbonyl (C=O) groups excluding carboxylic acids is 2. The molecule has 23 heavy (non-hydrogen) atoms. The van der Waals surface area contributed by atoms with Crippen molar-refractivity contribution in [2.75, 3.05) is 18.4 Å². The number of hydrogen-bond acceptors (Lipinski definition) is 4. The fourth-order valence-corrected chi connectivity index (χ4v) is 2.73. The van der Waals surface area contributed by atoms with Crippen LogP contribution >= 0.6 is 0 Å². The number of carbonyl (C=O) groups is 2. The first-order chi connectivity index (χ1) is 11.2. The Balaban J connectivity index is 1.64. The van der Waals surface area contributed by atoms with E-state index in [1.807, 2.05) is 0 Å². The third kappa shape index (κ3) is 3.71. The van der Waals surface area contributed by atoms with Gasteiger partial charge in [0.15, 0.2) is 0 Å². The summed E-state index contributed by atoms with van der Waals surface area (Å²) >= 11 is 0. The van der Waals surface area contributed by atoms with Gasteiger partial charge >= 0.3 is 0 Å². The van der Waals surface area contributed by atoms with Crippen LogP contribution in [0.4, 0.5) is 5.69 Å². The molecule has 118 valence electrons. The van der Waals surface area contributed by atoms with Crippen molar-refractivity contribution in [3.05, 3.63) is 54.6 Å². The highest BCUT2D eigenvalue weighted by Crippen LogP contribution is 2.20. The zero-order valence-corrected chi connectivity index (χ0v) is 12.7. The van der Waals surface area contributed by atoms with Gasteiger partial charge in [0, 0.05) is 43.6 Å². The monoisotopic (exact) mass is 310 g/mol. The first kappa shape index (κ1) is 15.1. The van der Waals surface area contributed by atoms with Crippen LogP contribution in [0.15, 0.2) is 49.1 Å². The van der Waals surface area contributed by atoms with Gasteiger partial charge in [-0.2, -0.15) is 0 Å². The average molecular weight is 310 g/mol. The predicted molar refractivity (Wildman–Crippen MR) is 85.7 cm³/mol. The van der Waals surface area contributed by atoms with Crippen LogP contribution in [0.5, 0.6) is 0 Å². The van der Waals surface area contributed by atoms with Gasteiger partial charge in [-0.05, 0) is 37.1 Å². The molecule has 6 heteroatoms. The molecular formula is C17H18N4O2. The fourth-order valence-electron chi connectivity index (χ4n) is 2.73. The van der Waals surface area contributed by atoms with E-state index >= 15 is 0 Å². The van der Waals surface area contributed by atoms with E-state index in [0.29, 0.717) is 18.7 Å². The van der Waals surface area contributed by atoms with Crippen molar-refractivity contribution in [3.8, 4) is 0 Å². The highest BCUT2D eigenvalue weighted by Gasteiger charge is 2.29. The number of amides is 2. The molecule has 3 rings (SSSR count). The second kappa shape index (κ2) is 7.00. The standard InChI is InChI=1S/C17H18N4O2/c22-16(20-15-5-8-18-9-6-15)14-4-2-10-21(12-14)17(23)13-3-1-7-19-11-13/h1,3,5-9,11,14H,2,4,10,12H2,(H,18,20,22). The molecule has 6 nitrogen and oxygen atoms in total. The van der Waals surface area contributed by atoms with E-state index in [4.69, 9.17) is 0 Å². The highest BCUT2D eigenvalue weighted by molar-refractivity contribution is 5.96. The van der Waals surface area contributed by atoms with Crippen molar-refractivity contribution >= 4 is 17.5 Å². The number of piperidine rings is 1. The molecule has 0 aromatic carbocycles. The molecule has 0 radical (unpaired) electrons. The van der Waals surface area contributed by atoms with Gasteiger partial charge in [-0.3, -0.25) is 19.6 Å². The normalized spacial score (nSPS) is 17.6. The predicted octanol–water partition coefficient (Wildman–Crippen LogP) is 1.97. The first-order valence-corrected chi connectivity index (χ1v) is 7.64. The summed E-state index contributed by atoms with van der Waals surface area (Å²) in [7, 11) is 0. The van der Waals surface area contributed by atoms with Crippen LogP contribution in [0, 0.1) is 5.92 Å². The van der Waals surface area contributed by atoms with Crippen molar-refractivity contribution in [2.24, 2.45) is 5.92 Å². The van der Waals surface area contributed by atoms with Crippen molar-refractivity contribution in [1.82, 2.24) is 14.9 Å². The van der Waals surface area contributed by atoms with Gasteiger partial charge in [0.1, 0.15) is 0 Å². The Labute approximate surface area is 134 Å². The Hall–Kier alpha value is -2.76. The van der Waals surface area contributed by atoms with Crippen LogP contribution < -0.4 is 5.32 Å². The van der Waals surface area contributed by atoms with Crippen LogP contribution in [0.1, 0.15) is 23.2 Å². The zero-order chi connectivity index (χ0) is 16.1. The number of nitrogens with zero attached hydrogens (tertiary/aromatic N) is 3. The quantitative estimate of drug-likeness (QED) is 0.940. The van der Waals surface area contributed by atoms with Gasteiger partial charge in [-0.25, -0.2) is 0 Å². The van der Waals surface area contributed by atoms with Gasteiger partial charge in [-0.1, -0.05) is 0 Å². The maximum atomic E-state index is 12.5. The molecule has 1 fully saturated rings. The van der Waals surface area contributed by atoms with E-state index in [-0.39, 0.29) is 17.7 Å². The van der Waals surface area contributed by atoms with Crippen LogP contribution in [0.25, 0.3) is 0 Å². The van der Waals surface area contributed by atoms with Gasteiger partial charge in [0.2, 0.25) is 5.91 Å². The van der Waals surface area contributed by atoms with E-state index in [1.54, 1.807) is 54.0 Å². The molecule has 1 saturated heterocycles. The molecule has 0 saturated carbocycles. The van der Waals surface area contributed by atoms with E-state index in [0.717, 1.165) is 18.5 Å². The molecule has 0 aliphatic carbocycles. The Bertz CT molecular complexity index is 676. The zero-order valence-electron chi connectivity index (χ0n) is 12.7. The average Bonchev–Trinajstić information content (AvgIpc) is 2.63. The lowest BCUT2D eigenvalue weighted by molar-refractivity contribution is -0.121. The van der Waals surface area contributed by atoms with Crippen LogP contribution in [0.3, 0.4) is 0 Å². The molecule has 0 spiro atoms. The summed E-state index contributed by atoms with van der Waals surface area (Å²) in [6.45, 7) is 1.11. The summed E-state index contributed by atoms with van der Waals surface area (Å²) in [6, 6.07) is 6.99. The number of anilines is 1. The van der Waals surface area contributed by atoms with Gasteiger partial charge < -0.3 is 10.2 Å². The number of likely N-dealkylation sites (tertiary alicyclic amines) is 1. The van der Waals surface area contributed by atoms with Crippen molar-refractivity contribution in [2.45, 2.75) is 12.8 Å². The van der Waals surface area contributed by atoms with Crippen LogP contribution in [0.2, 0.25) is 0 Å². The molecule has 2 amide bonds. The Morgan fingerprint density at radius 3 is 2.70 bits per heavy atom. The highest BCUT2D eigenvalue weighted by atomic mass is 16.2. The molecule has 3 heterocycles. The molecule has 1 aliphatic rings. The minimum Gasteiger partial charge on any atom is -0.338 e. The minimum atomic E-state index is -0.197. The van der Waals surface area contributed by atoms with E-state index < -0.39 is 0 Å². The maximum absolute atomic E-state index is 12.5. The molecular weight excluding hydrogens is 292 g/mol. The fraction of sp³-hybridized carbons (Fsp3) is 0.294. The number of pyridine rings is 2. The molecule has 1 unspecified atom stereocenters. The molecule has 1 aliphatic heterocycles. The SMILES string of the molecule is O=C(Nc1ccncc1)C1CCCN(C(=O)c2cccnc2)C1. The lowest BCUT2D eigenvalue weighted by Gasteiger charge is -2.32. The Kier molecular flexibility index (Phi) is 4.61. The largest absolute Gasteiger partial charge is 0.338 e.